The van der Waals surface area contributed by atoms with Crippen molar-refractivity contribution < 1.29 is 13.6 Å². The molecule has 0 fully saturated rings. The van der Waals surface area contributed by atoms with E-state index in [0.29, 0.717) is 5.95 Å². The van der Waals surface area contributed by atoms with Crippen LogP contribution in [0.4, 0.5) is 0 Å². The van der Waals surface area contributed by atoms with Gasteiger partial charge in [0.2, 0.25) is 16.6 Å². The highest BCUT2D eigenvalue weighted by Crippen LogP contribution is 2.37. The molecule has 0 atom stereocenters. The van der Waals surface area contributed by atoms with Crippen molar-refractivity contribution in [2.75, 3.05) is 0 Å². The first-order valence-electron chi connectivity index (χ1n) is 7.29. The fourth-order valence-corrected chi connectivity index (χ4v) is 2.48. The molecule has 0 amide bonds. The molecule has 0 saturated heterocycles. The molecular weight excluding hydrogens is 284 g/mol. The lowest BCUT2D eigenvalue weighted by Crippen LogP contribution is -2.39. The molecule has 0 saturated carbocycles. The van der Waals surface area contributed by atoms with Crippen molar-refractivity contribution in [3.05, 3.63) is 12.2 Å². The third-order valence-electron chi connectivity index (χ3n) is 3.07. The average molecular weight is 319 g/mol. The van der Waals surface area contributed by atoms with Crippen LogP contribution in [0.25, 0.3) is 0 Å². The zero-order valence-corrected chi connectivity index (χ0v) is 17.3. The largest absolute Gasteiger partial charge is 0.544 e. The molecule has 0 spiro atoms. The van der Waals surface area contributed by atoms with Gasteiger partial charge >= 0.3 is 5.95 Å². The van der Waals surface area contributed by atoms with Crippen LogP contribution in [0, 0.1) is 0 Å². The maximum atomic E-state index is 6.10. The van der Waals surface area contributed by atoms with E-state index in [4.69, 9.17) is 13.6 Å². The molecular formula is C15H34O3Si2. The topological polar surface area (TPSA) is 27.7 Å². The summed E-state index contributed by atoms with van der Waals surface area (Å²) in [6, 6.07) is 0. The van der Waals surface area contributed by atoms with Crippen LogP contribution >= 0.6 is 0 Å². The molecule has 0 heterocycles. The average Bonchev–Trinajstić information content (AvgIpc) is 2.07. The number of hydrogen-bond donors (Lipinski definition) is 0. The molecule has 20 heavy (non-hydrogen) atoms. The molecule has 0 rings (SSSR count). The number of hydrogen-bond acceptors (Lipinski definition) is 3. The van der Waals surface area contributed by atoms with E-state index in [1.54, 1.807) is 6.26 Å². The lowest BCUT2D eigenvalue weighted by molar-refractivity contribution is -0.0136. The van der Waals surface area contributed by atoms with Gasteiger partial charge in [-0.1, -0.05) is 20.8 Å². The van der Waals surface area contributed by atoms with E-state index >= 15 is 0 Å². The van der Waals surface area contributed by atoms with Gasteiger partial charge < -0.3 is 13.6 Å². The van der Waals surface area contributed by atoms with Crippen molar-refractivity contribution in [1.29, 1.82) is 0 Å². The molecule has 3 nitrogen and oxygen atoms in total. The van der Waals surface area contributed by atoms with Gasteiger partial charge in [-0.05, 0) is 58.5 Å². The molecule has 0 aromatic heterocycles. The minimum absolute atomic E-state index is 0.162. The third kappa shape index (κ3) is 7.99. The van der Waals surface area contributed by atoms with E-state index in [9.17, 15) is 0 Å². The van der Waals surface area contributed by atoms with Gasteiger partial charge in [0, 0.05) is 0 Å². The Bertz CT molecular complexity index is 324. The van der Waals surface area contributed by atoms with E-state index in [1.165, 1.54) is 0 Å². The number of rotatable bonds is 5. The Hall–Kier alpha value is -0.426. The quantitative estimate of drug-likeness (QED) is 0.496. The van der Waals surface area contributed by atoms with E-state index in [-0.39, 0.29) is 10.6 Å². The van der Waals surface area contributed by atoms with E-state index in [2.05, 4.69) is 53.5 Å². The van der Waals surface area contributed by atoms with Crippen LogP contribution in [0.3, 0.4) is 0 Å². The van der Waals surface area contributed by atoms with Crippen molar-refractivity contribution in [3.8, 4) is 0 Å². The maximum Gasteiger partial charge on any atom is 0.300 e. The van der Waals surface area contributed by atoms with Crippen LogP contribution in [0.15, 0.2) is 12.2 Å². The summed E-state index contributed by atoms with van der Waals surface area (Å²) in [6.45, 7) is 23.5. The fourth-order valence-electron chi connectivity index (χ4n) is 1.04. The summed E-state index contributed by atoms with van der Waals surface area (Å²) in [6.07, 6.45) is 1.70. The second-order valence-electron chi connectivity index (χ2n) is 8.74. The Kier molecular flexibility index (Phi) is 6.01. The highest BCUT2D eigenvalue weighted by Gasteiger charge is 2.38. The summed E-state index contributed by atoms with van der Waals surface area (Å²) in [5.74, 6) is 0.515. The SMILES string of the molecule is CC(C)(C)O/C(=C\O[Si](C)(C)C(C)(C)C)O[Si](C)(C)C. The molecule has 0 bridgehead atoms. The van der Waals surface area contributed by atoms with Crippen molar-refractivity contribution >= 4 is 16.6 Å². The van der Waals surface area contributed by atoms with Crippen LogP contribution in [0.1, 0.15) is 41.5 Å². The summed E-state index contributed by atoms with van der Waals surface area (Å²) in [7, 11) is -3.56. The lowest BCUT2D eigenvalue weighted by atomic mass is 10.2. The summed E-state index contributed by atoms with van der Waals surface area (Å²) in [5, 5.41) is 0.162. The van der Waals surface area contributed by atoms with E-state index in [1.807, 2.05) is 20.8 Å². The van der Waals surface area contributed by atoms with Gasteiger partial charge in [-0.15, -0.1) is 0 Å². The standard InChI is InChI=1S/C15H34O3Si2/c1-14(2,3)17-13(18-19(7,8)9)12-16-20(10,11)15(4,5)6/h12H,1-11H3/b13-12+. The van der Waals surface area contributed by atoms with Gasteiger partial charge in [-0.3, -0.25) is 0 Å². The smallest absolute Gasteiger partial charge is 0.300 e. The molecule has 0 aliphatic heterocycles. The Morgan fingerprint density at radius 1 is 0.850 bits per heavy atom. The van der Waals surface area contributed by atoms with Crippen LogP contribution < -0.4 is 0 Å². The zero-order chi connectivity index (χ0) is 16.4. The Morgan fingerprint density at radius 2 is 1.30 bits per heavy atom. The predicted octanol–water partition coefficient (Wildman–Crippen LogP) is 5.47. The molecule has 0 N–H and O–H groups in total. The Labute approximate surface area is 128 Å². The van der Waals surface area contributed by atoms with Gasteiger partial charge in [0.05, 0.1) is 0 Å². The van der Waals surface area contributed by atoms with E-state index < -0.39 is 16.6 Å². The monoisotopic (exact) mass is 318 g/mol. The minimum atomic E-state index is -1.84. The van der Waals surface area contributed by atoms with Gasteiger partial charge in [-0.2, -0.15) is 0 Å². The van der Waals surface area contributed by atoms with Crippen molar-refractivity contribution in [2.24, 2.45) is 0 Å². The third-order valence-corrected chi connectivity index (χ3v) is 8.20. The minimum Gasteiger partial charge on any atom is -0.544 e. The summed E-state index contributed by atoms with van der Waals surface area (Å²) >= 11 is 0. The normalized spacial score (nSPS) is 15.1. The van der Waals surface area contributed by atoms with Gasteiger partial charge in [0.15, 0.2) is 0 Å². The van der Waals surface area contributed by atoms with E-state index in [0.717, 1.165) is 0 Å². The fraction of sp³-hybridized carbons (Fsp3) is 0.867. The first-order valence-corrected chi connectivity index (χ1v) is 13.6. The van der Waals surface area contributed by atoms with Crippen LogP contribution in [0.5, 0.6) is 0 Å². The summed E-state index contributed by atoms with van der Waals surface area (Å²) < 4.78 is 18.0. The van der Waals surface area contributed by atoms with Crippen LogP contribution in [-0.2, 0) is 13.6 Å². The van der Waals surface area contributed by atoms with Gasteiger partial charge in [0.25, 0.3) is 0 Å². The molecule has 0 aromatic rings. The maximum absolute atomic E-state index is 6.10. The Morgan fingerprint density at radius 3 is 1.60 bits per heavy atom. The first kappa shape index (κ1) is 19.6. The lowest BCUT2D eigenvalue weighted by Gasteiger charge is -2.36. The Balaban J connectivity index is 5.09. The van der Waals surface area contributed by atoms with Crippen molar-refractivity contribution in [1.82, 2.24) is 0 Å². The summed E-state index contributed by atoms with van der Waals surface area (Å²) in [4.78, 5) is 0. The highest BCUT2D eigenvalue weighted by atomic mass is 28.4. The molecule has 0 aliphatic rings. The molecule has 5 heteroatoms. The zero-order valence-electron chi connectivity index (χ0n) is 15.3. The molecule has 120 valence electrons. The second kappa shape index (κ2) is 6.14. The van der Waals surface area contributed by atoms with Crippen molar-refractivity contribution in [2.45, 2.75) is 84.9 Å². The van der Waals surface area contributed by atoms with Crippen LogP contribution in [0.2, 0.25) is 37.8 Å². The second-order valence-corrected chi connectivity index (χ2v) is 17.9. The predicted molar refractivity (Wildman–Crippen MR) is 91.6 cm³/mol. The van der Waals surface area contributed by atoms with Crippen molar-refractivity contribution in [3.63, 3.8) is 0 Å². The highest BCUT2D eigenvalue weighted by molar-refractivity contribution is 6.74. The molecule has 0 aromatic carbocycles. The molecule has 0 unspecified atom stereocenters. The molecule has 0 aliphatic carbocycles. The van der Waals surface area contributed by atoms with Gasteiger partial charge in [-0.25, -0.2) is 0 Å². The summed E-state index contributed by atoms with van der Waals surface area (Å²) in [5.41, 5.74) is -0.289. The number of ether oxygens (including phenoxy) is 1. The first-order chi connectivity index (χ1) is 8.54. The van der Waals surface area contributed by atoms with Crippen LogP contribution in [-0.4, -0.2) is 22.2 Å². The molecule has 0 radical (unpaired) electrons. The van der Waals surface area contributed by atoms with Gasteiger partial charge in [0.1, 0.15) is 11.9 Å².